The van der Waals surface area contributed by atoms with E-state index in [0.717, 1.165) is 17.8 Å². The highest BCUT2D eigenvalue weighted by atomic mass is 16.6. The molecule has 0 radical (unpaired) electrons. The zero-order chi connectivity index (χ0) is 19.3. The number of allylic oxidation sites excluding steroid dienone is 1. The van der Waals surface area contributed by atoms with Crippen LogP contribution in [0.5, 0.6) is 0 Å². The van der Waals surface area contributed by atoms with Crippen LogP contribution < -0.4 is 15.5 Å². The number of ether oxygens (including phenoxy) is 1. The molecule has 6 heteroatoms. The number of hydrogen-bond donors (Lipinski definition) is 2. The summed E-state index contributed by atoms with van der Waals surface area (Å²) in [5.74, 6) is -0.252. The largest absolute Gasteiger partial charge is 0.444 e. The van der Waals surface area contributed by atoms with Crippen molar-refractivity contribution in [3.05, 3.63) is 36.4 Å². The first-order chi connectivity index (χ1) is 12.2. The Morgan fingerprint density at radius 1 is 1.42 bits per heavy atom. The van der Waals surface area contributed by atoms with Gasteiger partial charge in [0.15, 0.2) is 0 Å². The molecule has 1 aliphatic heterocycles. The lowest BCUT2D eigenvalue weighted by Crippen LogP contribution is -2.51. The number of para-hydroxylation sites is 2. The van der Waals surface area contributed by atoms with Crippen molar-refractivity contribution in [2.24, 2.45) is 0 Å². The van der Waals surface area contributed by atoms with Gasteiger partial charge in [-0.2, -0.15) is 0 Å². The minimum absolute atomic E-state index is 0.0757. The molecule has 2 amide bonds. The quantitative estimate of drug-likeness (QED) is 0.804. The van der Waals surface area contributed by atoms with E-state index in [9.17, 15) is 9.59 Å². The van der Waals surface area contributed by atoms with E-state index in [-0.39, 0.29) is 11.9 Å². The topological polar surface area (TPSA) is 70.7 Å². The normalized spacial score (nSPS) is 18.7. The van der Waals surface area contributed by atoms with Crippen molar-refractivity contribution >= 4 is 23.4 Å². The number of rotatable bonds is 4. The van der Waals surface area contributed by atoms with Gasteiger partial charge >= 0.3 is 6.09 Å². The fraction of sp³-hybridized carbons (Fsp3) is 0.500. The summed E-state index contributed by atoms with van der Waals surface area (Å²) in [4.78, 5) is 26.9. The van der Waals surface area contributed by atoms with Crippen LogP contribution in [-0.2, 0) is 9.53 Å². The van der Waals surface area contributed by atoms with Crippen molar-refractivity contribution in [3.8, 4) is 0 Å². The number of anilines is 2. The standard InChI is InChI=1S/C20H29N3O3/c1-6-7-10-14(2)23-13-16(22-19(25)26-20(3,4)5)18(24)21-15-11-8-9-12-17(15)23/h7-12,14,16H,6,13H2,1-5H3,(H,21,24)(H,22,25)/b10-7-. The van der Waals surface area contributed by atoms with Gasteiger partial charge < -0.3 is 20.3 Å². The van der Waals surface area contributed by atoms with Gasteiger partial charge in [0, 0.05) is 12.6 Å². The molecule has 1 aliphatic rings. The van der Waals surface area contributed by atoms with Gasteiger partial charge in [0.2, 0.25) is 5.91 Å². The van der Waals surface area contributed by atoms with Gasteiger partial charge in [-0.15, -0.1) is 0 Å². The molecule has 2 rings (SSSR count). The SMILES string of the molecule is CC/C=C\C(C)N1CC(NC(=O)OC(C)(C)C)C(=O)Nc2ccccc21. The number of hydrogen-bond acceptors (Lipinski definition) is 4. The van der Waals surface area contributed by atoms with E-state index in [1.165, 1.54) is 0 Å². The monoisotopic (exact) mass is 359 g/mol. The zero-order valence-corrected chi connectivity index (χ0v) is 16.2. The number of nitrogens with one attached hydrogen (secondary N) is 2. The molecule has 142 valence electrons. The van der Waals surface area contributed by atoms with Gasteiger partial charge in [-0.3, -0.25) is 4.79 Å². The van der Waals surface area contributed by atoms with Crippen molar-refractivity contribution in [1.82, 2.24) is 5.32 Å². The molecule has 1 aromatic carbocycles. The van der Waals surface area contributed by atoms with Crippen molar-refractivity contribution in [2.45, 2.75) is 58.7 Å². The summed E-state index contributed by atoms with van der Waals surface area (Å²) in [5.41, 5.74) is 1.05. The average Bonchev–Trinajstić information content (AvgIpc) is 2.68. The van der Waals surface area contributed by atoms with E-state index < -0.39 is 17.7 Å². The van der Waals surface area contributed by atoms with Gasteiger partial charge in [0.05, 0.1) is 11.4 Å². The van der Waals surface area contributed by atoms with E-state index in [1.807, 2.05) is 24.3 Å². The Kier molecular flexibility index (Phi) is 6.29. The highest BCUT2D eigenvalue weighted by Gasteiger charge is 2.31. The summed E-state index contributed by atoms with van der Waals surface area (Å²) in [6.07, 6.45) is 4.55. The Hall–Kier alpha value is -2.50. The maximum absolute atomic E-state index is 12.6. The van der Waals surface area contributed by atoms with Gasteiger partial charge in [0.1, 0.15) is 11.6 Å². The van der Waals surface area contributed by atoms with Crippen molar-refractivity contribution in [3.63, 3.8) is 0 Å². The van der Waals surface area contributed by atoms with Crippen LogP contribution in [0.15, 0.2) is 36.4 Å². The molecule has 0 aliphatic carbocycles. The third-order valence-electron chi connectivity index (χ3n) is 4.00. The zero-order valence-electron chi connectivity index (χ0n) is 16.2. The van der Waals surface area contributed by atoms with Crippen LogP contribution in [-0.4, -0.2) is 36.2 Å². The van der Waals surface area contributed by atoms with E-state index in [1.54, 1.807) is 20.8 Å². The Bertz CT molecular complexity index is 679. The number of fused-ring (bicyclic) bond motifs is 1. The number of carbonyl (C=O) groups excluding carboxylic acids is 2. The first-order valence-electron chi connectivity index (χ1n) is 9.04. The van der Waals surface area contributed by atoms with Crippen LogP contribution >= 0.6 is 0 Å². The molecule has 0 aromatic heterocycles. The second-order valence-electron chi connectivity index (χ2n) is 7.43. The highest BCUT2D eigenvalue weighted by molar-refractivity contribution is 6.01. The summed E-state index contributed by atoms with van der Waals surface area (Å²) >= 11 is 0. The third-order valence-corrected chi connectivity index (χ3v) is 4.00. The van der Waals surface area contributed by atoms with Gasteiger partial charge in [-0.25, -0.2) is 4.79 Å². The lowest BCUT2D eigenvalue weighted by atomic mass is 10.1. The number of benzene rings is 1. The molecular weight excluding hydrogens is 330 g/mol. The average molecular weight is 359 g/mol. The number of amides is 2. The third kappa shape index (κ3) is 5.25. The first kappa shape index (κ1) is 19.8. The molecule has 1 aromatic rings. The fourth-order valence-electron chi connectivity index (χ4n) is 2.81. The molecule has 0 bridgehead atoms. The fourth-order valence-corrected chi connectivity index (χ4v) is 2.81. The molecule has 0 saturated heterocycles. The molecule has 0 spiro atoms. The Balaban J connectivity index is 2.26. The highest BCUT2D eigenvalue weighted by Crippen LogP contribution is 2.30. The smallest absolute Gasteiger partial charge is 0.408 e. The first-order valence-corrected chi connectivity index (χ1v) is 9.04. The van der Waals surface area contributed by atoms with Gasteiger partial charge in [-0.05, 0) is 46.2 Å². The number of carbonyl (C=O) groups is 2. The molecule has 0 saturated carbocycles. The van der Waals surface area contributed by atoms with Gasteiger partial charge in [0.25, 0.3) is 0 Å². The number of alkyl carbamates (subject to hydrolysis) is 1. The van der Waals surface area contributed by atoms with Crippen LogP contribution in [0.4, 0.5) is 16.2 Å². The van der Waals surface area contributed by atoms with Crippen LogP contribution in [0.3, 0.4) is 0 Å². The molecule has 26 heavy (non-hydrogen) atoms. The maximum atomic E-state index is 12.6. The summed E-state index contributed by atoms with van der Waals surface area (Å²) in [6, 6.07) is 7.02. The van der Waals surface area contributed by atoms with Crippen molar-refractivity contribution in [2.75, 3.05) is 16.8 Å². The molecule has 0 fully saturated rings. The second-order valence-corrected chi connectivity index (χ2v) is 7.43. The Labute approximate surface area is 155 Å². The molecule has 1 heterocycles. The lowest BCUT2D eigenvalue weighted by molar-refractivity contribution is -0.117. The summed E-state index contributed by atoms with van der Waals surface area (Å²) in [5, 5.41) is 5.61. The predicted octanol–water partition coefficient (Wildman–Crippen LogP) is 3.69. The summed E-state index contributed by atoms with van der Waals surface area (Å²) in [6.45, 7) is 9.89. The summed E-state index contributed by atoms with van der Waals surface area (Å²) in [7, 11) is 0. The van der Waals surface area contributed by atoms with E-state index in [4.69, 9.17) is 4.74 Å². The Morgan fingerprint density at radius 2 is 2.12 bits per heavy atom. The van der Waals surface area contributed by atoms with Crippen molar-refractivity contribution < 1.29 is 14.3 Å². The molecular formula is C20H29N3O3. The minimum Gasteiger partial charge on any atom is -0.444 e. The minimum atomic E-state index is -0.713. The second kappa shape index (κ2) is 8.25. The molecule has 2 N–H and O–H groups in total. The van der Waals surface area contributed by atoms with Crippen molar-refractivity contribution in [1.29, 1.82) is 0 Å². The maximum Gasteiger partial charge on any atom is 0.408 e. The van der Waals surface area contributed by atoms with E-state index in [2.05, 4.69) is 41.5 Å². The van der Waals surface area contributed by atoms with Crippen LogP contribution in [0, 0.1) is 0 Å². The van der Waals surface area contributed by atoms with E-state index in [0.29, 0.717) is 6.54 Å². The van der Waals surface area contributed by atoms with E-state index >= 15 is 0 Å². The van der Waals surface area contributed by atoms with Gasteiger partial charge in [-0.1, -0.05) is 31.2 Å². The van der Waals surface area contributed by atoms with Crippen LogP contribution in [0.1, 0.15) is 41.0 Å². The predicted molar refractivity (Wildman–Crippen MR) is 104 cm³/mol. The number of nitrogens with zero attached hydrogens (tertiary/aromatic N) is 1. The summed E-state index contributed by atoms with van der Waals surface area (Å²) < 4.78 is 5.30. The lowest BCUT2D eigenvalue weighted by Gasteiger charge is -2.31. The molecule has 2 unspecified atom stereocenters. The molecule has 2 atom stereocenters. The molecule has 6 nitrogen and oxygen atoms in total. The van der Waals surface area contributed by atoms with Crippen LogP contribution in [0.25, 0.3) is 0 Å². The van der Waals surface area contributed by atoms with Crippen LogP contribution in [0.2, 0.25) is 0 Å². The Morgan fingerprint density at radius 3 is 2.77 bits per heavy atom.